The second-order valence-electron chi connectivity index (χ2n) is 7.71. The van der Waals surface area contributed by atoms with Gasteiger partial charge in [0.25, 0.3) is 0 Å². The number of ether oxygens (including phenoxy) is 3. The van der Waals surface area contributed by atoms with Crippen LogP contribution in [0, 0.1) is 0 Å². The molecule has 1 heterocycles. The number of rotatable bonds is 3. The van der Waals surface area contributed by atoms with Gasteiger partial charge in [-0.2, -0.15) is 0 Å². The number of phenolic OH excluding ortho intramolecular Hbond substituents is 1. The second-order valence-corrected chi connectivity index (χ2v) is 7.71. The molecule has 0 saturated heterocycles. The maximum atomic E-state index is 10.3. The lowest BCUT2D eigenvalue weighted by atomic mass is 9.75. The first kappa shape index (κ1) is 17.0. The Morgan fingerprint density at radius 2 is 1.69 bits per heavy atom. The van der Waals surface area contributed by atoms with E-state index < -0.39 is 0 Å². The molecule has 1 unspecified atom stereocenters. The van der Waals surface area contributed by atoms with Gasteiger partial charge in [0.15, 0.2) is 23.0 Å². The van der Waals surface area contributed by atoms with Crippen molar-refractivity contribution in [3.8, 4) is 34.1 Å². The smallest absolute Gasteiger partial charge is 0.169 e. The summed E-state index contributed by atoms with van der Waals surface area (Å²) in [6.07, 6.45) is 1.89. The zero-order valence-corrected chi connectivity index (χ0v) is 16.0. The number of quaternary nitrogens is 1. The summed E-state index contributed by atoms with van der Waals surface area (Å²) in [6, 6.07) is 6.22. The molecule has 2 aliphatic rings. The molecule has 5 nitrogen and oxygen atoms in total. The van der Waals surface area contributed by atoms with Crippen molar-refractivity contribution in [3.63, 3.8) is 0 Å². The van der Waals surface area contributed by atoms with Crippen LogP contribution >= 0.6 is 0 Å². The van der Waals surface area contributed by atoms with Gasteiger partial charge in [0.2, 0.25) is 0 Å². The number of fused-ring (bicyclic) bond motifs is 2. The molecule has 0 fully saturated rings. The summed E-state index contributed by atoms with van der Waals surface area (Å²) >= 11 is 0. The van der Waals surface area contributed by atoms with Crippen LogP contribution in [0.1, 0.15) is 22.7 Å². The molecule has 0 aromatic heterocycles. The molecule has 2 aromatic carbocycles. The SMILES string of the molecule is COc1cc2c(cc1O)CC1c3c(cc(OC)c(OC)c3-2)CC[N+]1(C)C. The first-order chi connectivity index (χ1) is 12.4. The molecular weight excluding hydrogens is 330 g/mol. The maximum Gasteiger partial charge on any atom is 0.169 e. The number of hydrogen-bond acceptors (Lipinski definition) is 4. The molecular formula is C21H26NO4+. The van der Waals surface area contributed by atoms with Crippen molar-refractivity contribution in [3.05, 3.63) is 34.9 Å². The van der Waals surface area contributed by atoms with Gasteiger partial charge in [-0.05, 0) is 34.9 Å². The molecule has 2 aromatic rings. The topological polar surface area (TPSA) is 47.9 Å². The van der Waals surface area contributed by atoms with Gasteiger partial charge in [-0.15, -0.1) is 0 Å². The molecule has 1 N–H and O–H groups in total. The Bertz CT molecular complexity index is 888. The summed E-state index contributed by atoms with van der Waals surface area (Å²) in [4.78, 5) is 0. The van der Waals surface area contributed by atoms with E-state index in [-0.39, 0.29) is 5.75 Å². The maximum absolute atomic E-state index is 10.3. The summed E-state index contributed by atoms with van der Waals surface area (Å²) in [5.41, 5.74) is 5.94. The standard InChI is InChI=1S/C21H25NO4/c1-22(2)7-6-12-10-18(25-4)21(26-5)20-14-11-17(24-3)16(23)9-13(14)8-15(22)19(12)20/h9-11,15H,6-8H2,1-5H3/p+1. The highest BCUT2D eigenvalue weighted by molar-refractivity contribution is 5.84. The van der Waals surface area contributed by atoms with Crippen LogP contribution in [0.25, 0.3) is 11.1 Å². The van der Waals surface area contributed by atoms with Crippen LogP contribution in [0.5, 0.6) is 23.0 Å². The van der Waals surface area contributed by atoms with Crippen LogP contribution in [0.4, 0.5) is 0 Å². The highest BCUT2D eigenvalue weighted by atomic mass is 16.5. The largest absolute Gasteiger partial charge is 0.504 e. The second kappa shape index (κ2) is 5.81. The van der Waals surface area contributed by atoms with Crippen LogP contribution in [-0.2, 0) is 12.8 Å². The van der Waals surface area contributed by atoms with Crippen LogP contribution in [-0.4, -0.2) is 51.6 Å². The molecule has 0 spiro atoms. The van der Waals surface area contributed by atoms with E-state index in [1.807, 2.05) is 12.1 Å². The van der Waals surface area contributed by atoms with Crippen LogP contribution < -0.4 is 14.2 Å². The molecule has 1 atom stereocenters. The monoisotopic (exact) mass is 356 g/mol. The molecule has 1 aliphatic carbocycles. The quantitative estimate of drug-likeness (QED) is 0.857. The summed E-state index contributed by atoms with van der Waals surface area (Å²) < 4.78 is 17.7. The lowest BCUT2D eigenvalue weighted by Crippen LogP contribution is -2.49. The number of benzene rings is 2. The zero-order valence-electron chi connectivity index (χ0n) is 16.0. The predicted octanol–water partition coefficient (Wildman–Crippen LogP) is 3.31. The molecule has 4 rings (SSSR count). The first-order valence-corrected chi connectivity index (χ1v) is 8.92. The Balaban J connectivity index is 2.10. The van der Waals surface area contributed by atoms with E-state index in [1.54, 1.807) is 21.3 Å². The zero-order chi connectivity index (χ0) is 18.6. The number of phenols is 1. The molecule has 5 heteroatoms. The molecule has 0 bridgehead atoms. The minimum absolute atomic E-state index is 0.179. The van der Waals surface area contributed by atoms with E-state index in [1.165, 1.54) is 11.1 Å². The van der Waals surface area contributed by atoms with Gasteiger partial charge in [-0.25, -0.2) is 0 Å². The molecule has 138 valence electrons. The Morgan fingerprint density at radius 1 is 0.962 bits per heavy atom. The Morgan fingerprint density at radius 3 is 2.35 bits per heavy atom. The minimum atomic E-state index is 0.179. The van der Waals surface area contributed by atoms with Crippen molar-refractivity contribution in [2.24, 2.45) is 0 Å². The van der Waals surface area contributed by atoms with Crippen molar-refractivity contribution in [1.29, 1.82) is 0 Å². The predicted molar refractivity (Wildman–Crippen MR) is 100 cm³/mol. The molecule has 0 amide bonds. The van der Waals surface area contributed by atoms with E-state index in [0.717, 1.165) is 52.1 Å². The minimum Gasteiger partial charge on any atom is -0.504 e. The van der Waals surface area contributed by atoms with E-state index in [4.69, 9.17) is 14.2 Å². The van der Waals surface area contributed by atoms with Crippen LogP contribution in [0.2, 0.25) is 0 Å². The number of hydrogen-bond donors (Lipinski definition) is 1. The highest BCUT2D eigenvalue weighted by Gasteiger charge is 2.43. The molecule has 0 radical (unpaired) electrons. The van der Waals surface area contributed by atoms with Crippen molar-refractivity contribution in [2.45, 2.75) is 18.9 Å². The van der Waals surface area contributed by atoms with Gasteiger partial charge < -0.3 is 23.8 Å². The Kier molecular flexibility index (Phi) is 3.81. The fourth-order valence-electron chi connectivity index (χ4n) is 4.56. The third-order valence-corrected chi connectivity index (χ3v) is 6.02. The van der Waals surface area contributed by atoms with Crippen molar-refractivity contribution >= 4 is 0 Å². The van der Waals surface area contributed by atoms with E-state index in [0.29, 0.717) is 11.8 Å². The average Bonchev–Trinajstić information content (AvgIpc) is 2.63. The normalized spacial score (nSPS) is 19.3. The van der Waals surface area contributed by atoms with Crippen molar-refractivity contribution in [2.75, 3.05) is 42.0 Å². The number of likely N-dealkylation sites (N-methyl/N-ethyl adjacent to an activating group) is 1. The third kappa shape index (κ3) is 2.27. The van der Waals surface area contributed by atoms with E-state index in [2.05, 4.69) is 20.2 Å². The van der Waals surface area contributed by atoms with Crippen molar-refractivity contribution < 1.29 is 23.8 Å². The summed E-state index contributed by atoms with van der Waals surface area (Å²) in [5.74, 6) is 2.17. The fraction of sp³-hybridized carbons (Fsp3) is 0.429. The van der Waals surface area contributed by atoms with E-state index >= 15 is 0 Å². The summed E-state index contributed by atoms with van der Waals surface area (Å²) in [7, 11) is 9.50. The average molecular weight is 356 g/mol. The van der Waals surface area contributed by atoms with Gasteiger partial charge in [0.1, 0.15) is 6.04 Å². The number of aromatic hydroxyl groups is 1. The molecule has 0 saturated carbocycles. The van der Waals surface area contributed by atoms with Gasteiger partial charge in [-0.1, -0.05) is 0 Å². The summed E-state index contributed by atoms with van der Waals surface area (Å²) in [6.45, 7) is 1.07. The van der Waals surface area contributed by atoms with Crippen LogP contribution in [0.3, 0.4) is 0 Å². The molecule has 26 heavy (non-hydrogen) atoms. The Hall–Kier alpha value is -2.40. The number of nitrogens with zero attached hydrogens (tertiary/aromatic N) is 1. The van der Waals surface area contributed by atoms with E-state index in [9.17, 15) is 5.11 Å². The van der Waals surface area contributed by atoms with Crippen molar-refractivity contribution in [1.82, 2.24) is 0 Å². The van der Waals surface area contributed by atoms with Gasteiger partial charge in [0, 0.05) is 24.0 Å². The lowest BCUT2D eigenvalue weighted by Gasteiger charge is -2.46. The number of methoxy groups -OCH3 is 3. The van der Waals surface area contributed by atoms with Gasteiger partial charge in [0.05, 0.1) is 42.0 Å². The van der Waals surface area contributed by atoms with Crippen LogP contribution in [0.15, 0.2) is 18.2 Å². The van der Waals surface area contributed by atoms with Gasteiger partial charge >= 0.3 is 0 Å². The lowest BCUT2D eigenvalue weighted by molar-refractivity contribution is -0.923. The molecule has 1 aliphatic heterocycles. The van der Waals surface area contributed by atoms with Gasteiger partial charge in [-0.3, -0.25) is 0 Å². The highest BCUT2D eigenvalue weighted by Crippen LogP contribution is 2.54. The Labute approximate surface area is 154 Å². The third-order valence-electron chi connectivity index (χ3n) is 6.02. The first-order valence-electron chi connectivity index (χ1n) is 8.92. The summed E-state index contributed by atoms with van der Waals surface area (Å²) in [5, 5.41) is 10.3. The fourth-order valence-corrected chi connectivity index (χ4v) is 4.56.